The average molecular weight is 240 g/mol. The average Bonchev–Trinajstić information content (AvgIpc) is 2.34. The highest BCUT2D eigenvalue weighted by molar-refractivity contribution is 5.84. The number of amides is 1. The van der Waals surface area contributed by atoms with Gasteiger partial charge in [0.25, 0.3) is 0 Å². The summed E-state index contributed by atoms with van der Waals surface area (Å²) < 4.78 is 0. The first kappa shape index (κ1) is 16.1. The van der Waals surface area contributed by atoms with Crippen LogP contribution in [-0.4, -0.2) is 11.6 Å². The van der Waals surface area contributed by atoms with Crippen LogP contribution in [-0.2, 0) is 4.79 Å². The molecular weight excluding hydrogens is 212 g/mol. The summed E-state index contributed by atoms with van der Waals surface area (Å²) in [5.41, 5.74) is 3.56. The number of carbonyl (C=O) groups is 1. The van der Waals surface area contributed by atoms with Crippen LogP contribution in [0.3, 0.4) is 0 Å². The predicted octanol–water partition coefficient (Wildman–Crippen LogP) is 4.03. The van der Waals surface area contributed by atoms with E-state index in [2.05, 4.69) is 17.5 Å². The van der Waals surface area contributed by atoms with Gasteiger partial charge < -0.3 is 0 Å². The molecule has 0 aliphatic heterocycles. The molecule has 17 heavy (non-hydrogen) atoms. The maximum Gasteiger partial charge on any atom is 0.240 e. The largest absolute Gasteiger partial charge is 0.273 e. The van der Waals surface area contributed by atoms with E-state index in [9.17, 15) is 4.79 Å². The van der Waals surface area contributed by atoms with Gasteiger partial charge in [0.15, 0.2) is 0 Å². The van der Waals surface area contributed by atoms with E-state index in [-0.39, 0.29) is 5.91 Å². The lowest BCUT2D eigenvalue weighted by Crippen LogP contribution is -2.18. The molecule has 0 aromatic carbocycles. The number of hydrogen-bond acceptors (Lipinski definition) is 2. The van der Waals surface area contributed by atoms with E-state index >= 15 is 0 Å². The normalized spacial score (nSPS) is 11.6. The Morgan fingerprint density at radius 3 is 2.18 bits per heavy atom. The van der Waals surface area contributed by atoms with Gasteiger partial charge >= 0.3 is 0 Å². The second-order valence-corrected chi connectivity index (χ2v) is 4.61. The summed E-state index contributed by atoms with van der Waals surface area (Å²) in [5, 5.41) is 4.00. The summed E-state index contributed by atoms with van der Waals surface area (Å²) in [5.74, 6) is 0.0476. The molecule has 3 heteroatoms. The highest BCUT2D eigenvalue weighted by Gasteiger charge is 1.99. The molecule has 0 bridgehead atoms. The van der Waals surface area contributed by atoms with Gasteiger partial charge in [-0.1, -0.05) is 52.4 Å². The Balaban J connectivity index is 3.33. The molecule has 0 radical (unpaired) electrons. The number of rotatable bonds is 10. The van der Waals surface area contributed by atoms with Gasteiger partial charge in [0, 0.05) is 12.1 Å². The van der Waals surface area contributed by atoms with Gasteiger partial charge in [0.2, 0.25) is 5.91 Å². The van der Waals surface area contributed by atoms with Crippen molar-refractivity contribution in [3.63, 3.8) is 0 Å². The smallest absolute Gasteiger partial charge is 0.240 e. The quantitative estimate of drug-likeness (QED) is 0.349. The molecule has 0 saturated heterocycles. The Morgan fingerprint density at radius 2 is 1.59 bits per heavy atom. The molecule has 0 heterocycles. The standard InChI is InChI=1S/C14H28N2O/c1-4-6-7-8-9-10-11-12-14(17)16-15-13(3)5-2/h4-12H2,1-3H3,(H,16,17)/b15-13-. The first-order chi connectivity index (χ1) is 8.20. The number of unbranched alkanes of at least 4 members (excludes halogenated alkanes) is 6. The molecule has 0 atom stereocenters. The van der Waals surface area contributed by atoms with Gasteiger partial charge in [-0.25, -0.2) is 5.43 Å². The molecule has 0 aromatic heterocycles. The maximum atomic E-state index is 11.4. The summed E-state index contributed by atoms with van der Waals surface area (Å²) in [4.78, 5) is 11.4. The number of hydrogen-bond donors (Lipinski definition) is 1. The second kappa shape index (κ2) is 11.6. The number of carbonyl (C=O) groups excluding carboxylic acids is 1. The molecule has 1 amide bonds. The van der Waals surface area contributed by atoms with Crippen molar-refractivity contribution < 1.29 is 4.79 Å². The van der Waals surface area contributed by atoms with Crippen molar-refractivity contribution in [1.82, 2.24) is 5.43 Å². The molecular formula is C14H28N2O. The summed E-state index contributed by atoms with van der Waals surface area (Å²) in [6, 6.07) is 0. The van der Waals surface area contributed by atoms with Gasteiger partial charge in [-0.3, -0.25) is 4.79 Å². The van der Waals surface area contributed by atoms with Crippen molar-refractivity contribution in [2.75, 3.05) is 0 Å². The lowest BCUT2D eigenvalue weighted by atomic mass is 10.1. The van der Waals surface area contributed by atoms with Gasteiger partial charge in [-0.15, -0.1) is 0 Å². The van der Waals surface area contributed by atoms with E-state index in [1.54, 1.807) is 0 Å². The third-order valence-corrected chi connectivity index (χ3v) is 2.89. The van der Waals surface area contributed by atoms with Crippen LogP contribution in [0.5, 0.6) is 0 Å². The zero-order valence-corrected chi connectivity index (χ0v) is 11.7. The molecule has 0 aliphatic rings. The molecule has 0 saturated carbocycles. The van der Waals surface area contributed by atoms with Crippen LogP contribution in [0.2, 0.25) is 0 Å². The predicted molar refractivity (Wildman–Crippen MR) is 74.2 cm³/mol. The van der Waals surface area contributed by atoms with Crippen molar-refractivity contribution in [2.45, 2.75) is 78.6 Å². The Kier molecular flexibility index (Phi) is 11.0. The van der Waals surface area contributed by atoms with Gasteiger partial charge in [-0.05, 0) is 19.8 Å². The van der Waals surface area contributed by atoms with Crippen LogP contribution in [0, 0.1) is 0 Å². The van der Waals surface area contributed by atoms with Crippen LogP contribution < -0.4 is 5.43 Å². The minimum Gasteiger partial charge on any atom is -0.273 e. The van der Waals surface area contributed by atoms with E-state index in [0.717, 1.165) is 25.0 Å². The minimum absolute atomic E-state index is 0.0476. The van der Waals surface area contributed by atoms with E-state index in [0.29, 0.717) is 6.42 Å². The van der Waals surface area contributed by atoms with Gasteiger partial charge in [-0.2, -0.15) is 5.10 Å². The molecule has 0 fully saturated rings. The minimum atomic E-state index is 0.0476. The number of nitrogens with zero attached hydrogens (tertiary/aromatic N) is 1. The fraction of sp³-hybridized carbons (Fsp3) is 0.857. The molecule has 100 valence electrons. The highest BCUT2D eigenvalue weighted by Crippen LogP contribution is 2.08. The fourth-order valence-corrected chi connectivity index (χ4v) is 1.54. The topological polar surface area (TPSA) is 41.5 Å². The van der Waals surface area contributed by atoms with E-state index < -0.39 is 0 Å². The number of nitrogens with one attached hydrogen (secondary N) is 1. The van der Waals surface area contributed by atoms with Crippen LogP contribution >= 0.6 is 0 Å². The van der Waals surface area contributed by atoms with Crippen LogP contribution in [0.4, 0.5) is 0 Å². The van der Waals surface area contributed by atoms with Crippen molar-refractivity contribution in [3.8, 4) is 0 Å². The molecule has 0 spiro atoms. The maximum absolute atomic E-state index is 11.4. The van der Waals surface area contributed by atoms with Crippen LogP contribution in [0.25, 0.3) is 0 Å². The van der Waals surface area contributed by atoms with E-state index in [4.69, 9.17) is 0 Å². The third kappa shape index (κ3) is 11.4. The third-order valence-electron chi connectivity index (χ3n) is 2.89. The first-order valence-electron chi connectivity index (χ1n) is 7.02. The Hall–Kier alpha value is -0.860. The lowest BCUT2D eigenvalue weighted by Gasteiger charge is -2.02. The summed E-state index contributed by atoms with van der Waals surface area (Å²) >= 11 is 0. The zero-order chi connectivity index (χ0) is 12.9. The van der Waals surface area contributed by atoms with Crippen molar-refractivity contribution in [2.24, 2.45) is 5.10 Å². The van der Waals surface area contributed by atoms with Crippen molar-refractivity contribution in [3.05, 3.63) is 0 Å². The molecule has 0 aromatic rings. The molecule has 3 nitrogen and oxygen atoms in total. The lowest BCUT2D eigenvalue weighted by molar-refractivity contribution is -0.121. The van der Waals surface area contributed by atoms with E-state index in [1.165, 1.54) is 32.1 Å². The zero-order valence-electron chi connectivity index (χ0n) is 11.7. The van der Waals surface area contributed by atoms with Crippen molar-refractivity contribution in [1.29, 1.82) is 0 Å². The van der Waals surface area contributed by atoms with E-state index in [1.807, 2.05) is 13.8 Å². The Labute approximate surface area is 106 Å². The van der Waals surface area contributed by atoms with Crippen molar-refractivity contribution >= 4 is 11.6 Å². The first-order valence-corrected chi connectivity index (χ1v) is 7.02. The monoisotopic (exact) mass is 240 g/mol. The molecule has 1 N–H and O–H groups in total. The number of hydrazone groups is 1. The summed E-state index contributed by atoms with van der Waals surface area (Å²) in [7, 11) is 0. The van der Waals surface area contributed by atoms with Gasteiger partial charge in [0.05, 0.1) is 0 Å². The fourth-order valence-electron chi connectivity index (χ4n) is 1.54. The summed E-state index contributed by atoms with van der Waals surface area (Å²) in [6.45, 7) is 6.18. The van der Waals surface area contributed by atoms with Crippen LogP contribution in [0.1, 0.15) is 78.6 Å². The molecule has 0 rings (SSSR count). The SMILES string of the molecule is CCCCCCCCCC(=O)N/N=C(/C)CC. The second-order valence-electron chi connectivity index (χ2n) is 4.61. The Morgan fingerprint density at radius 1 is 1.00 bits per heavy atom. The molecule has 0 unspecified atom stereocenters. The van der Waals surface area contributed by atoms with Gasteiger partial charge in [0.1, 0.15) is 0 Å². The highest BCUT2D eigenvalue weighted by atomic mass is 16.2. The van der Waals surface area contributed by atoms with Crippen LogP contribution in [0.15, 0.2) is 5.10 Å². The Bertz CT molecular complexity index is 224. The summed E-state index contributed by atoms with van der Waals surface area (Å²) in [6.07, 6.45) is 10.2. The molecule has 0 aliphatic carbocycles.